The first-order valence-corrected chi connectivity index (χ1v) is 8.98. The van der Waals surface area contributed by atoms with Crippen molar-refractivity contribution in [2.24, 2.45) is 5.92 Å². The lowest BCUT2D eigenvalue weighted by molar-refractivity contribution is 0.240. The van der Waals surface area contributed by atoms with E-state index in [-0.39, 0.29) is 27.5 Å². The van der Waals surface area contributed by atoms with Crippen molar-refractivity contribution in [3.8, 4) is 0 Å². The van der Waals surface area contributed by atoms with Gasteiger partial charge in [-0.25, -0.2) is 13.1 Å². The number of halogens is 3. The summed E-state index contributed by atoms with van der Waals surface area (Å²) in [6.07, 6.45) is 0.515. The van der Waals surface area contributed by atoms with Crippen LogP contribution in [0.4, 0.5) is 0 Å². The number of rotatable bonds is 6. The zero-order valence-electron chi connectivity index (χ0n) is 11.0. The second-order valence-electron chi connectivity index (χ2n) is 4.83. The fourth-order valence-electron chi connectivity index (χ4n) is 1.79. The highest BCUT2D eigenvalue weighted by Gasteiger charge is 2.25. The van der Waals surface area contributed by atoms with Crippen molar-refractivity contribution in [1.29, 1.82) is 0 Å². The third kappa shape index (κ3) is 4.86. The molecule has 0 aliphatic heterocycles. The normalized spacial score (nSPS) is 13.8. The maximum atomic E-state index is 12.3. The zero-order valence-corrected chi connectivity index (χ0v) is 14.9. The number of hydrogen-bond acceptors (Lipinski definition) is 3. The van der Waals surface area contributed by atoms with E-state index in [0.717, 1.165) is 0 Å². The third-order valence-corrected chi connectivity index (χ3v) is 5.43. The number of nitrogens with one attached hydrogen (secondary N) is 1. The minimum absolute atomic E-state index is 0.0260. The lowest BCUT2D eigenvalue weighted by Crippen LogP contribution is -2.38. The van der Waals surface area contributed by atoms with Gasteiger partial charge in [-0.15, -0.1) is 0 Å². The van der Waals surface area contributed by atoms with E-state index in [1.54, 1.807) is 0 Å². The molecule has 1 unspecified atom stereocenters. The molecule has 0 amide bonds. The van der Waals surface area contributed by atoms with Crippen molar-refractivity contribution in [3.63, 3.8) is 0 Å². The molecule has 0 saturated heterocycles. The molecule has 0 aliphatic carbocycles. The van der Waals surface area contributed by atoms with Crippen LogP contribution in [-0.4, -0.2) is 26.2 Å². The van der Waals surface area contributed by atoms with E-state index in [0.29, 0.717) is 10.9 Å². The molecule has 0 aliphatic rings. The van der Waals surface area contributed by atoms with Gasteiger partial charge in [0.1, 0.15) is 4.90 Å². The molecule has 0 fully saturated rings. The number of aliphatic hydroxyl groups is 1. The summed E-state index contributed by atoms with van der Waals surface area (Å²) in [5.74, 6) is 0.241. The standard InChI is InChI=1S/C12H16BrCl2NO3S/c1-7(2)3-9(6-17)16-20(18,19)12-10(14)4-8(13)5-11(12)15/h4-5,7,9,16-17H,3,6H2,1-2H3. The summed E-state index contributed by atoms with van der Waals surface area (Å²) in [7, 11) is -3.89. The van der Waals surface area contributed by atoms with Gasteiger partial charge < -0.3 is 5.11 Å². The number of sulfonamides is 1. The fraction of sp³-hybridized carbons (Fsp3) is 0.500. The Morgan fingerprint density at radius 3 is 2.20 bits per heavy atom. The van der Waals surface area contributed by atoms with Gasteiger partial charge in [0.25, 0.3) is 0 Å². The Bertz CT molecular complexity index is 555. The monoisotopic (exact) mass is 403 g/mol. The Kier molecular flexibility index (Phi) is 6.76. The molecule has 1 aromatic rings. The molecule has 114 valence electrons. The number of benzene rings is 1. The molecule has 0 radical (unpaired) electrons. The Hall–Kier alpha value is 0.150. The van der Waals surface area contributed by atoms with Crippen molar-refractivity contribution in [3.05, 3.63) is 26.7 Å². The van der Waals surface area contributed by atoms with Gasteiger partial charge >= 0.3 is 0 Å². The van der Waals surface area contributed by atoms with Crippen LogP contribution in [0, 0.1) is 5.92 Å². The van der Waals surface area contributed by atoms with Crippen molar-refractivity contribution < 1.29 is 13.5 Å². The Morgan fingerprint density at radius 1 is 1.30 bits per heavy atom. The second-order valence-corrected chi connectivity index (χ2v) is 8.21. The number of hydrogen-bond donors (Lipinski definition) is 2. The molecule has 0 spiro atoms. The van der Waals surface area contributed by atoms with Crippen LogP contribution in [-0.2, 0) is 10.0 Å². The maximum Gasteiger partial charge on any atom is 0.243 e. The van der Waals surface area contributed by atoms with E-state index in [4.69, 9.17) is 23.2 Å². The molecule has 0 aromatic heterocycles. The summed E-state index contributed by atoms with van der Waals surface area (Å²) >= 11 is 15.1. The average Bonchev–Trinajstić information content (AvgIpc) is 2.24. The van der Waals surface area contributed by atoms with E-state index in [1.807, 2.05) is 13.8 Å². The molecule has 8 heteroatoms. The molecule has 0 heterocycles. The number of aliphatic hydroxyl groups excluding tert-OH is 1. The summed E-state index contributed by atoms with van der Waals surface area (Å²) in [6, 6.07) is 2.34. The fourth-order valence-corrected chi connectivity index (χ4v) is 4.97. The Labute approximate surface area is 137 Å². The van der Waals surface area contributed by atoms with Gasteiger partial charge in [-0.3, -0.25) is 0 Å². The highest BCUT2D eigenvalue weighted by atomic mass is 79.9. The van der Waals surface area contributed by atoms with Crippen LogP contribution in [0.25, 0.3) is 0 Å². The van der Waals surface area contributed by atoms with Crippen LogP contribution < -0.4 is 4.72 Å². The molecular formula is C12H16BrCl2NO3S. The van der Waals surface area contributed by atoms with Crippen molar-refractivity contribution in [1.82, 2.24) is 4.72 Å². The van der Waals surface area contributed by atoms with Crippen LogP contribution in [0.1, 0.15) is 20.3 Å². The highest BCUT2D eigenvalue weighted by Crippen LogP contribution is 2.32. The van der Waals surface area contributed by atoms with Crippen LogP contribution in [0.5, 0.6) is 0 Å². The van der Waals surface area contributed by atoms with Gasteiger partial charge in [-0.2, -0.15) is 0 Å². The van der Waals surface area contributed by atoms with Gasteiger partial charge in [-0.05, 0) is 24.5 Å². The van der Waals surface area contributed by atoms with E-state index in [1.165, 1.54) is 12.1 Å². The predicted molar refractivity (Wildman–Crippen MR) is 84.8 cm³/mol. The minimum atomic E-state index is -3.89. The van der Waals surface area contributed by atoms with Gasteiger partial charge in [0.2, 0.25) is 10.0 Å². The third-order valence-electron chi connectivity index (χ3n) is 2.53. The molecule has 0 bridgehead atoms. The molecule has 0 saturated carbocycles. The van der Waals surface area contributed by atoms with Gasteiger partial charge in [0.05, 0.1) is 16.7 Å². The van der Waals surface area contributed by atoms with Crippen molar-refractivity contribution >= 4 is 49.2 Å². The maximum absolute atomic E-state index is 12.3. The Morgan fingerprint density at radius 2 is 1.80 bits per heavy atom. The van der Waals surface area contributed by atoms with Crippen molar-refractivity contribution in [2.45, 2.75) is 31.2 Å². The highest BCUT2D eigenvalue weighted by molar-refractivity contribution is 9.10. The molecule has 4 nitrogen and oxygen atoms in total. The predicted octanol–water partition coefficient (Wildman–Crippen LogP) is 3.44. The van der Waals surface area contributed by atoms with Crippen molar-refractivity contribution in [2.75, 3.05) is 6.61 Å². The summed E-state index contributed by atoms with van der Waals surface area (Å²) in [5, 5.41) is 9.32. The molecule has 1 rings (SSSR count). The summed E-state index contributed by atoms with van der Waals surface area (Å²) < 4.78 is 27.7. The smallest absolute Gasteiger partial charge is 0.243 e. The quantitative estimate of drug-likeness (QED) is 0.762. The Balaban J connectivity index is 3.11. The largest absolute Gasteiger partial charge is 0.395 e. The average molecular weight is 405 g/mol. The van der Waals surface area contributed by atoms with E-state index in [2.05, 4.69) is 20.7 Å². The molecule has 20 heavy (non-hydrogen) atoms. The second kappa shape index (κ2) is 7.42. The lowest BCUT2D eigenvalue weighted by atomic mass is 10.1. The molecule has 1 atom stereocenters. The zero-order chi connectivity index (χ0) is 15.5. The SMILES string of the molecule is CC(C)CC(CO)NS(=O)(=O)c1c(Cl)cc(Br)cc1Cl. The summed E-state index contributed by atoms with van der Waals surface area (Å²) in [4.78, 5) is -0.175. The van der Waals surface area contributed by atoms with Gasteiger partial charge in [0.15, 0.2) is 0 Å². The topological polar surface area (TPSA) is 66.4 Å². The summed E-state index contributed by atoms with van der Waals surface area (Å²) in [6.45, 7) is 3.59. The van der Waals surface area contributed by atoms with Crippen LogP contribution in [0.15, 0.2) is 21.5 Å². The van der Waals surface area contributed by atoms with Gasteiger partial charge in [-0.1, -0.05) is 53.0 Å². The minimum Gasteiger partial charge on any atom is -0.395 e. The first-order valence-electron chi connectivity index (χ1n) is 5.95. The molecular weight excluding hydrogens is 389 g/mol. The molecule has 2 N–H and O–H groups in total. The summed E-state index contributed by atoms with van der Waals surface area (Å²) in [5.41, 5.74) is 0. The van der Waals surface area contributed by atoms with Crippen LogP contribution in [0.3, 0.4) is 0 Å². The first-order chi connectivity index (χ1) is 9.17. The van der Waals surface area contributed by atoms with Gasteiger partial charge in [0, 0.05) is 10.5 Å². The van der Waals surface area contributed by atoms with E-state index < -0.39 is 16.1 Å². The lowest BCUT2D eigenvalue weighted by Gasteiger charge is -2.19. The van der Waals surface area contributed by atoms with Crippen LogP contribution >= 0.6 is 39.1 Å². The molecule has 1 aromatic carbocycles. The van der Waals surface area contributed by atoms with E-state index in [9.17, 15) is 13.5 Å². The van der Waals surface area contributed by atoms with Crippen LogP contribution in [0.2, 0.25) is 10.0 Å². The van der Waals surface area contributed by atoms with E-state index >= 15 is 0 Å². The first kappa shape index (κ1) is 18.2.